The molecule has 6 heterocycles. The van der Waals surface area contributed by atoms with Crippen molar-refractivity contribution in [1.82, 2.24) is 18.3 Å². The van der Waals surface area contributed by atoms with E-state index in [-0.39, 0.29) is 5.41 Å². The Kier molecular flexibility index (Phi) is 19.2. The van der Waals surface area contributed by atoms with Crippen LogP contribution in [0.1, 0.15) is 25.0 Å². The maximum Gasteiger partial charge on any atom is 0.143 e. The SMILES string of the molecule is CC1(C)c2cc(N(c3ccc(-c4ccc5c6ccccc6n(-c6ccccc6)c5c4)cc3)c3ccc(-c4cccc5c4oc4ccccc45)cc3)ccc2-c2ccc(-n3c4ccccc4c4ccccc43)cc21.c1ccc(-n2c3ccccc3c3ccc(-c4ccc(N(c5ccc(-c6ccc(-n7c8ccccc8c8ccccc87)cc6)cc5)c5ccc(-c6cccc7c6oc6ccccc67)cc5)cc4)cc32)cc1. The number of fused-ring (bicyclic) bond motifs is 21. The van der Waals surface area contributed by atoms with Crippen LogP contribution in [0.5, 0.6) is 0 Å². The Morgan fingerprint density at radius 3 is 0.811 bits per heavy atom. The van der Waals surface area contributed by atoms with Gasteiger partial charge < -0.3 is 36.9 Å². The first-order chi connectivity index (χ1) is 70.7. The lowest BCUT2D eigenvalue weighted by Gasteiger charge is -2.28. The van der Waals surface area contributed by atoms with Crippen molar-refractivity contribution in [3.05, 3.63) is 521 Å². The normalized spacial score (nSPS) is 12.3. The minimum Gasteiger partial charge on any atom is -0.455 e. The Balaban J connectivity index is 0.000000140. The molecule has 1 aliphatic rings. The van der Waals surface area contributed by atoms with Gasteiger partial charge in [0.25, 0.3) is 0 Å². The second-order valence-electron chi connectivity index (χ2n) is 38.2. The van der Waals surface area contributed by atoms with Crippen molar-refractivity contribution in [2.75, 3.05) is 9.80 Å². The van der Waals surface area contributed by atoms with E-state index >= 15 is 0 Å². The van der Waals surface area contributed by atoms with E-state index in [9.17, 15) is 0 Å². The first-order valence-electron chi connectivity index (χ1n) is 49.1. The van der Waals surface area contributed by atoms with E-state index in [1.54, 1.807) is 0 Å². The molecule has 22 aromatic carbocycles. The van der Waals surface area contributed by atoms with Crippen LogP contribution in [-0.2, 0) is 5.41 Å². The molecule has 0 unspecified atom stereocenters. The van der Waals surface area contributed by atoms with Gasteiger partial charge >= 0.3 is 0 Å². The molecule has 143 heavy (non-hydrogen) atoms. The maximum atomic E-state index is 6.51. The van der Waals surface area contributed by atoms with E-state index in [4.69, 9.17) is 8.83 Å². The third-order valence-corrected chi connectivity index (χ3v) is 29.9. The average Bonchev–Trinajstić information content (AvgIpc) is 1.56. The van der Waals surface area contributed by atoms with Crippen molar-refractivity contribution < 1.29 is 8.83 Å². The summed E-state index contributed by atoms with van der Waals surface area (Å²) in [5, 5.41) is 14.6. The smallest absolute Gasteiger partial charge is 0.143 e. The zero-order valence-corrected chi connectivity index (χ0v) is 78.5. The molecule has 0 N–H and O–H groups in total. The Morgan fingerprint density at radius 1 is 0.168 bits per heavy atom. The van der Waals surface area contributed by atoms with Crippen LogP contribution in [0.3, 0.4) is 0 Å². The van der Waals surface area contributed by atoms with Gasteiger partial charge in [-0.25, -0.2) is 0 Å². The van der Waals surface area contributed by atoms with Crippen LogP contribution in [0.15, 0.2) is 518 Å². The van der Waals surface area contributed by atoms with E-state index < -0.39 is 0 Å². The highest BCUT2D eigenvalue weighted by Gasteiger charge is 2.37. The zero-order valence-electron chi connectivity index (χ0n) is 78.5. The summed E-state index contributed by atoms with van der Waals surface area (Å²) in [7, 11) is 0. The van der Waals surface area contributed by atoms with Crippen LogP contribution in [0.2, 0.25) is 0 Å². The van der Waals surface area contributed by atoms with Crippen LogP contribution >= 0.6 is 0 Å². The Morgan fingerprint density at radius 2 is 0.427 bits per heavy atom. The molecule has 29 rings (SSSR count). The third kappa shape index (κ3) is 13.6. The molecule has 0 saturated heterocycles. The van der Waals surface area contributed by atoms with Gasteiger partial charge in [-0.2, -0.15) is 0 Å². The summed E-state index contributed by atoms with van der Waals surface area (Å²) in [6.07, 6.45) is 0. The van der Waals surface area contributed by atoms with Gasteiger partial charge in [-0.15, -0.1) is 0 Å². The minimum atomic E-state index is -0.263. The van der Waals surface area contributed by atoms with Crippen LogP contribution in [-0.4, -0.2) is 18.3 Å². The molecule has 1 aliphatic carbocycles. The number of nitrogens with zero attached hydrogens (tertiary/aromatic N) is 6. The number of anilines is 6. The van der Waals surface area contributed by atoms with Crippen LogP contribution in [0, 0.1) is 0 Å². The summed E-state index contributed by atoms with van der Waals surface area (Å²) in [6.45, 7) is 4.77. The van der Waals surface area contributed by atoms with Crippen molar-refractivity contribution in [3.8, 4) is 89.5 Å². The summed E-state index contributed by atoms with van der Waals surface area (Å²) in [6, 6.07) is 185. The molecular formula is C135H90N6O2. The number of benzene rings is 22. The fourth-order valence-electron chi connectivity index (χ4n) is 23.0. The monoisotopic (exact) mass is 1830 g/mol. The Labute approximate surface area is 825 Å². The van der Waals surface area contributed by atoms with Gasteiger partial charge in [0.2, 0.25) is 0 Å². The first kappa shape index (κ1) is 82.5. The fraction of sp³-hybridized carbons (Fsp3) is 0.0222. The highest BCUT2D eigenvalue weighted by molar-refractivity contribution is 6.16. The number of aromatic nitrogens is 4. The van der Waals surface area contributed by atoms with E-state index in [0.717, 1.165) is 134 Å². The van der Waals surface area contributed by atoms with Crippen molar-refractivity contribution >= 4 is 165 Å². The van der Waals surface area contributed by atoms with E-state index in [0.29, 0.717) is 0 Å². The molecule has 0 saturated carbocycles. The highest BCUT2D eigenvalue weighted by Crippen LogP contribution is 2.54. The summed E-state index contributed by atoms with van der Waals surface area (Å²) < 4.78 is 22.5. The average molecular weight is 1830 g/mol. The van der Waals surface area contributed by atoms with Gasteiger partial charge in [-0.3, -0.25) is 0 Å². The number of furan rings is 2. The lowest BCUT2D eigenvalue weighted by atomic mass is 9.82. The molecule has 8 heteroatoms. The zero-order chi connectivity index (χ0) is 94.5. The summed E-state index contributed by atoms with van der Waals surface area (Å²) in [5.41, 5.74) is 40.7. The van der Waals surface area contributed by atoms with E-state index in [1.165, 1.54) is 132 Å². The van der Waals surface area contributed by atoms with Gasteiger partial charge in [0.05, 0.1) is 44.1 Å². The second-order valence-corrected chi connectivity index (χ2v) is 38.2. The predicted octanol–water partition coefficient (Wildman–Crippen LogP) is 37.1. The molecular weight excluding hydrogens is 1740 g/mol. The molecule has 0 bridgehead atoms. The van der Waals surface area contributed by atoms with Gasteiger partial charge in [-0.05, 0) is 249 Å². The Hall–Kier alpha value is -18.8. The molecule has 6 aromatic heterocycles. The number of rotatable bonds is 15. The predicted molar refractivity (Wildman–Crippen MR) is 599 cm³/mol. The van der Waals surface area contributed by atoms with E-state index in [1.807, 2.05) is 18.2 Å². The van der Waals surface area contributed by atoms with Crippen LogP contribution < -0.4 is 9.80 Å². The summed E-state index contributed by atoms with van der Waals surface area (Å²) in [5.74, 6) is 0. The molecule has 0 spiro atoms. The van der Waals surface area contributed by atoms with E-state index in [2.05, 4.69) is 533 Å². The largest absolute Gasteiger partial charge is 0.455 e. The molecule has 672 valence electrons. The standard InChI is InChI=1S/C69H47N3O.C66H43N3O/c1-69(2)61-42-50(36-39-53(61)54-40-37-51(43-62(54)69)72-64-24-11-6-17-55(64)56-18-7-12-25-65(56)72)70(49-34-29-45(30-35-49)52-21-14-22-60-59-20-9-13-26-67(59)73-68(52)60)48-32-27-44(28-33-48)46-31-38-58-57-19-8-10-23-63(57)71(66(58)41-46)47-15-4-3-5-16-47;1-2-13-49(14-3-1)69-63-23-10-6-17-57(63)58-42-33-48(43-64(58)69)46-29-36-51(37-30-46)67(52-40-31-47(32-41-52)54-19-12-20-60-59-18-7-11-24-65(59)70-66(54)60)50-34-25-44(26-35-50)45-27-38-53(39-28-45)68-61-21-8-4-15-55(61)56-16-5-9-22-62(56)68/h3-43H,1-2H3;1-43H. The van der Waals surface area contributed by atoms with Crippen LogP contribution in [0.4, 0.5) is 34.1 Å². The Bertz CT molecular complexity index is 9800. The van der Waals surface area contributed by atoms with Crippen molar-refractivity contribution in [3.63, 3.8) is 0 Å². The second kappa shape index (κ2) is 33.3. The quantitative estimate of drug-likeness (QED) is 0.103. The van der Waals surface area contributed by atoms with Crippen molar-refractivity contribution in [2.45, 2.75) is 19.3 Å². The molecule has 0 radical (unpaired) electrons. The summed E-state index contributed by atoms with van der Waals surface area (Å²) in [4.78, 5) is 4.76. The fourth-order valence-corrected chi connectivity index (χ4v) is 23.0. The lowest BCUT2D eigenvalue weighted by Crippen LogP contribution is -2.17. The van der Waals surface area contributed by atoms with Gasteiger partial charge in [0.15, 0.2) is 0 Å². The van der Waals surface area contributed by atoms with Crippen molar-refractivity contribution in [1.29, 1.82) is 0 Å². The highest BCUT2D eigenvalue weighted by atomic mass is 16.3. The van der Waals surface area contributed by atoms with Gasteiger partial charge in [-0.1, -0.05) is 341 Å². The van der Waals surface area contributed by atoms with Gasteiger partial charge in [0, 0.05) is 138 Å². The topological polar surface area (TPSA) is 52.5 Å². The number of hydrogen-bond acceptors (Lipinski definition) is 4. The minimum absolute atomic E-state index is 0.263. The molecule has 28 aromatic rings. The molecule has 8 nitrogen and oxygen atoms in total. The molecule has 0 amide bonds. The van der Waals surface area contributed by atoms with Crippen molar-refractivity contribution in [2.24, 2.45) is 0 Å². The summed E-state index contributed by atoms with van der Waals surface area (Å²) >= 11 is 0. The molecule has 0 aliphatic heterocycles. The first-order valence-corrected chi connectivity index (χ1v) is 49.1. The number of hydrogen-bond donors (Lipinski definition) is 0. The molecule has 0 atom stereocenters. The van der Waals surface area contributed by atoms with Crippen LogP contribution in [0.25, 0.3) is 221 Å². The van der Waals surface area contributed by atoms with Gasteiger partial charge in [0.1, 0.15) is 22.3 Å². The molecule has 0 fully saturated rings. The third-order valence-electron chi connectivity index (χ3n) is 29.9. The number of para-hydroxylation sites is 12. The lowest BCUT2D eigenvalue weighted by molar-refractivity contribution is 0.660. The maximum absolute atomic E-state index is 6.51.